The molecule has 96 valence electrons. The zero-order valence-electron chi connectivity index (χ0n) is 10.9. The van der Waals surface area contributed by atoms with E-state index in [4.69, 9.17) is 0 Å². The van der Waals surface area contributed by atoms with Crippen molar-refractivity contribution in [2.45, 2.75) is 51.6 Å². The van der Waals surface area contributed by atoms with E-state index in [0.29, 0.717) is 6.04 Å². The molecule has 1 N–H and O–H groups in total. The van der Waals surface area contributed by atoms with E-state index in [1.807, 2.05) is 0 Å². The van der Waals surface area contributed by atoms with Crippen molar-refractivity contribution in [1.82, 2.24) is 14.7 Å². The predicted molar refractivity (Wildman–Crippen MR) is 72.6 cm³/mol. The van der Waals surface area contributed by atoms with Gasteiger partial charge in [-0.05, 0) is 40.0 Å². The van der Waals surface area contributed by atoms with E-state index in [1.165, 1.54) is 30.8 Å². The molecular weight excluding hydrogens is 232 g/mol. The Kier molecular flexibility index (Phi) is 3.99. The SMILES string of the molecule is CC(C)(C)NCC1CCCCN1c1ncns1. The zero-order chi connectivity index (χ0) is 12.3. The standard InChI is InChI=1S/C12H22N4S/c1-12(2,3)14-8-10-6-4-5-7-16(10)11-13-9-15-17-11/h9-10,14H,4-8H2,1-3H3. The van der Waals surface area contributed by atoms with E-state index in [1.54, 1.807) is 6.33 Å². The summed E-state index contributed by atoms with van der Waals surface area (Å²) in [5, 5.41) is 4.67. The largest absolute Gasteiger partial charge is 0.343 e. The quantitative estimate of drug-likeness (QED) is 0.898. The lowest BCUT2D eigenvalue weighted by atomic mass is 10.0. The molecule has 1 atom stereocenters. The number of hydrogen-bond donors (Lipinski definition) is 1. The highest BCUT2D eigenvalue weighted by atomic mass is 32.1. The van der Waals surface area contributed by atoms with Gasteiger partial charge >= 0.3 is 0 Å². The summed E-state index contributed by atoms with van der Waals surface area (Å²) in [6.45, 7) is 8.79. The van der Waals surface area contributed by atoms with Crippen LogP contribution in [0.4, 0.5) is 5.13 Å². The molecule has 0 bridgehead atoms. The van der Waals surface area contributed by atoms with Gasteiger partial charge < -0.3 is 10.2 Å². The normalized spacial score (nSPS) is 21.8. The maximum Gasteiger partial charge on any atom is 0.205 e. The lowest BCUT2D eigenvalue weighted by Gasteiger charge is -2.37. The fraction of sp³-hybridized carbons (Fsp3) is 0.833. The molecule has 0 spiro atoms. The van der Waals surface area contributed by atoms with Crippen molar-refractivity contribution < 1.29 is 0 Å². The molecule has 0 amide bonds. The molecule has 0 radical (unpaired) electrons. The smallest absolute Gasteiger partial charge is 0.205 e. The first-order valence-corrected chi connectivity index (χ1v) is 7.12. The van der Waals surface area contributed by atoms with Crippen molar-refractivity contribution in [3.8, 4) is 0 Å². The van der Waals surface area contributed by atoms with E-state index in [9.17, 15) is 0 Å². The molecule has 0 aliphatic carbocycles. The Balaban J connectivity index is 1.98. The van der Waals surface area contributed by atoms with Crippen LogP contribution in [-0.4, -0.2) is 34.0 Å². The Morgan fingerprint density at radius 3 is 2.94 bits per heavy atom. The van der Waals surface area contributed by atoms with Crippen LogP contribution in [0.25, 0.3) is 0 Å². The summed E-state index contributed by atoms with van der Waals surface area (Å²) in [5.74, 6) is 0. The minimum atomic E-state index is 0.185. The van der Waals surface area contributed by atoms with Gasteiger partial charge in [-0.15, -0.1) is 0 Å². The highest BCUT2D eigenvalue weighted by Gasteiger charge is 2.25. The summed E-state index contributed by atoms with van der Waals surface area (Å²) in [6, 6.07) is 0.566. The highest BCUT2D eigenvalue weighted by Crippen LogP contribution is 2.25. The third kappa shape index (κ3) is 3.64. The van der Waals surface area contributed by atoms with Gasteiger partial charge in [0, 0.05) is 36.2 Å². The van der Waals surface area contributed by atoms with Gasteiger partial charge in [0.05, 0.1) is 0 Å². The molecule has 0 saturated carbocycles. The van der Waals surface area contributed by atoms with Crippen LogP contribution in [0.5, 0.6) is 0 Å². The zero-order valence-corrected chi connectivity index (χ0v) is 11.8. The lowest BCUT2D eigenvalue weighted by molar-refractivity contribution is 0.366. The molecule has 1 unspecified atom stereocenters. The fourth-order valence-corrected chi connectivity index (χ4v) is 2.81. The van der Waals surface area contributed by atoms with Gasteiger partial charge in [0.15, 0.2) is 0 Å². The molecule has 0 aromatic carbocycles. The first-order valence-electron chi connectivity index (χ1n) is 6.34. The topological polar surface area (TPSA) is 41.0 Å². The summed E-state index contributed by atoms with van der Waals surface area (Å²) < 4.78 is 4.11. The number of piperidine rings is 1. The molecule has 4 nitrogen and oxygen atoms in total. The van der Waals surface area contributed by atoms with Gasteiger partial charge in [-0.3, -0.25) is 0 Å². The third-order valence-corrected chi connectivity index (χ3v) is 3.79. The number of aromatic nitrogens is 2. The molecule has 1 aromatic heterocycles. The summed E-state index contributed by atoms with van der Waals surface area (Å²) in [4.78, 5) is 6.76. The first-order chi connectivity index (χ1) is 8.06. The summed E-state index contributed by atoms with van der Waals surface area (Å²) >= 11 is 1.50. The van der Waals surface area contributed by atoms with Crippen LogP contribution in [-0.2, 0) is 0 Å². The van der Waals surface area contributed by atoms with Crippen molar-refractivity contribution in [3.05, 3.63) is 6.33 Å². The lowest BCUT2D eigenvalue weighted by Crippen LogP contribution is -2.49. The van der Waals surface area contributed by atoms with Crippen LogP contribution in [0.2, 0.25) is 0 Å². The van der Waals surface area contributed by atoms with Crippen molar-refractivity contribution >= 4 is 16.7 Å². The summed E-state index contributed by atoms with van der Waals surface area (Å²) in [7, 11) is 0. The van der Waals surface area contributed by atoms with Crippen LogP contribution in [0.3, 0.4) is 0 Å². The number of nitrogens with one attached hydrogen (secondary N) is 1. The summed E-state index contributed by atoms with van der Waals surface area (Å²) in [6.07, 6.45) is 5.50. The number of rotatable bonds is 3. The molecule has 2 rings (SSSR count). The van der Waals surface area contributed by atoms with E-state index in [2.05, 4.69) is 40.3 Å². The van der Waals surface area contributed by atoms with Gasteiger partial charge in [0.2, 0.25) is 5.13 Å². The summed E-state index contributed by atoms with van der Waals surface area (Å²) in [5.41, 5.74) is 0.185. The molecule has 1 aromatic rings. The van der Waals surface area contributed by atoms with Crippen molar-refractivity contribution in [2.24, 2.45) is 0 Å². The second-order valence-corrected chi connectivity index (χ2v) is 6.46. The molecule has 1 aliphatic rings. The minimum Gasteiger partial charge on any atom is -0.343 e. The van der Waals surface area contributed by atoms with Crippen LogP contribution in [0, 0.1) is 0 Å². The third-order valence-electron chi connectivity index (χ3n) is 3.09. The van der Waals surface area contributed by atoms with Crippen LogP contribution < -0.4 is 10.2 Å². The minimum absolute atomic E-state index is 0.185. The Labute approximate surface area is 108 Å². The average Bonchev–Trinajstić information content (AvgIpc) is 2.79. The Morgan fingerprint density at radius 2 is 2.29 bits per heavy atom. The Bertz CT molecular complexity index is 331. The molecule has 5 heteroatoms. The van der Waals surface area contributed by atoms with E-state index in [-0.39, 0.29) is 5.54 Å². The molecule has 1 fully saturated rings. The van der Waals surface area contributed by atoms with E-state index < -0.39 is 0 Å². The van der Waals surface area contributed by atoms with Crippen molar-refractivity contribution in [3.63, 3.8) is 0 Å². The molecule has 17 heavy (non-hydrogen) atoms. The molecule has 1 aliphatic heterocycles. The second-order valence-electron chi connectivity index (χ2n) is 5.70. The monoisotopic (exact) mass is 254 g/mol. The molecular formula is C12H22N4S. The first kappa shape index (κ1) is 12.8. The van der Waals surface area contributed by atoms with E-state index in [0.717, 1.165) is 18.2 Å². The van der Waals surface area contributed by atoms with Crippen molar-refractivity contribution in [2.75, 3.05) is 18.0 Å². The molecule has 1 saturated heterocycles. The van der Waals surface area contributed by atoms with Gasteiger partial charge in [-0.2, -0.15) is 4.37 Å². The Morgan fingerprint density at radius 1 is 1.47 bits per heavy atom. The van der Waals surface area contributed by atoms with Crippen LogP contribution in [0.15, 0.2) is 6.33 Å². The van der Waals surface area contributed by atoms with Gasteiger partial charge in [-0.25, -0.2) is 4.98 Å². The van der Waals surface area contributed by atoms with Gasteiger partial charge in [-0.1, -0.05) is 0 Å². The number of anilines is 1. The van der Waals surface area contributed by atoms with Gasteiger partial charge in [0.1, 0.15) is 6.33 Å². The van der Waals surface area contributed by atoms with Crippen LogP contribution >= 0.6 is 11.5 Å². The number of hydrogen-bond acceptors (Lipinski definition) is 5. The second kappa shape index (κ2) is 5.31. The maximum absolute atomic E-state index is 4.34. The molecule has 2 heterocycles. The van der Waals surface area contributed by atoms with E-state index >= 15 is 0 Å². The maximum atomic E-state index is 4.34. The number of nitrogens with zero attached hydrogens (tertiary/aromatic N) is 3. The van der Waals surface area contributed by atoms with Gasteiger partial charge in [0.25, 0.3) is 0 Å². The fourth-order valence-electron chi connectivity index (χ4n) is 2.18. The van der Waals surface area contributed by atoms with Crippen LogP contribution in [0.1, 0.15) is 40.0 Å². The predicted octanol–water partition coefficient (Wildman–Crippen LogP) is 2.29. The average molecular weight is 254 g/mol. The highest BCUT2D eigenvalue weighted by molar-refractivity contribution is 7.09. The Hall–Kier alpha value is -0.680. The van der Waals surface area contributed by atoms with Crippen molar-refractivity contribution in [1.29, 1.82) is 0 Å².